The SMILES string of the molecule is CC(C)c1nc(C2(NC(=O)[C@H]3CCN[C@@H](C)C3)CCCC2)no1. The van der Waals surface area contributed by atoms with Crippen LogP contribution in [0.2, 0.25) is 0 Å². The standard InChI is InChI=1S/C17H28N4O2/c1-11(2)15-19-16(21-23-15)17(7-4-5-8-17)20-14(22)13-6-9-18-12(3)10-13/h11-13,18H,4-10H2,1-3H3,(H,20,22)/t12-,13-/m0/s1. The average molecular weight is 320 g/mol. The number of hydrogen-bond donors (Lipinski definition) is 2. The first-order valence-electron chi connectivity index (χ1n) is 8.90. The van der Waals surface area contributed by atoms with Crippen molar-refractivity contribution in [3.63, 3.8) is 0 Å². The highest BCUT2D eigenvalue weighted by molar-refractivity contribution is 5.79. The van der Waals surface area contributed by atoms with Gasteiger partial charge in [0.15, 0.2) is 5.82 Å². The van der Waals surface area contributed by atoms with Crippen molar-refractivity contribution in [2.24, 2.45) is 5.92 Å². The van der Waals surface area contributed by atoms with Gasteiger partial charge in [0.2, 0.25) is 11.8 Å². The summed E-state index contributed by atoms with van der Waals surface area (Å²) in [6.07, 6.45) is 5.77. The van der Waals surface area contributed by atoms with Gasteiger partial charge in [0.1, 0.15) is 5.54 Å². The molecule has 0 aromatic carbocycles. The molecule has 0 radical (unpaired) electrons. The van der Waals surface area contributed by atoms with Crippen LogP contribution in [-0.4, -0.2) is 28.6 Å². The zero-order valence-electron chi connectivity index (χ0n) is 14.4. The minimum atomic E-state index is -0.429. The molecular formula is C17H28N4O2. The van der Waals surface area contributed by atoms with Crippen molar-refractivity contribution in [1.29, 1.82) is 0 Å². The molecule has 3 rings (SSSR count). The zero-order valence-corrected chi connectivity index (χ0v) is 14.4. The third-order valence-corrected chi connectivity index (χ3v) is 5.18. The molecule has 1 amide bonds. The van der Waals surface area contributed by atoms with Crippen LogP contribution in [0.25, 0.3) is 0 Å². The highest BCUT2D eigenvalue weighted by atomic mass is 16.5. The van der Waals surface area contributed by atoms with Gasteiger partial charge in [0.05, 0.1) is 0 Å². The minimum Gasteiger partial charge on any atom is -0.343 e. The molecule has 128 valence electrons. The summed E-state index contributed by atoms with van der Waals surface area (Å²) >= 11 is 0. The van der Waals surface area contributed by atoms with Gasteiger partial charge in [-0.15, -0.1) is 0 Å². The van der Waals surface area contributed by atoms with Gasteiger partial charge >= 0.3 is 0 Å². The van der Waals surface area contributed by atoms with Crippen molar-refractivity contribution in [2.45, 2.75) is 76.8 Å². The molecule has 0 bridgehead atoms. The molecule has 2 atom stereocenters. The van der Waals surface area contributed by atoms with Crippen LogP contribution in [0.1, 0.15) is 76.9 Å². The Hall–Kier alpha value is -1.43. The highest BCUT2D eigenvalue weighted by Crippen LogP contribution is 2.38. The van der Waals surface area contributed by atoms with Gasteiger partial charge in [-0.1, -0.05) is 31.8 Å². The number of aromatic nitrogens is 2. The molecule has 0 unspecified atom stereocenters. The lowest BCUT2D eigenvalue weighted by Gasteiger charge is -2.32. The molecule has 6 heteroatoms. The molecule has 1 aromatic rings. The lowest BCUT2D eigenvalue weighted by Crippen LogP contribution is -2.50. The lowest BCUT2D eigenvalue weighted by molar-refractivity contribution is -0.128. The third-order valence-electron chi connectivity index (χ3n) is 5.18. The summed E-state index contributed by atoms with van der Waals surface area (Å²) in [5.41, 5.74) is -0.429. The van der Waals surface area contributed by atoms with E-state index in [4.69, 9.17) is 4.52 Å². The minimum absolute atomic E-state index is 0.0835. The van der Waals surface area contributed by atoms with Gasteiger partial charge in [0.25, 0.3) is 0 Å². The van der Waals surface area contributed by atoms with Crippen LogP contribution in [0.15, 0.2) is 4.52 Å². The molecule has 23 heavy (non-hydrogen) atoms. The summed E-state index contributed by atoms with van der Waals surface area (Å²) in [6, 6.07) is 0.400. The maximum absolute atomic E-state index is 12.8. The maximum Gasteiger partial charge on any atom is 0.229 e. The fourth-order valence-electron chi connectivity index (χ4n) is 3.76. The third kappa shape index (κ3) is 3.42. The lowest BCUT2D eigenvalue weighted by atomic mass is 9.89. The smallest absolute Gasteiger partial charge is 0.229 e. The summed E-state index contributed by atoms with van der Waals surface area (Å²) in [5.74, 6) is 1.75. The van der Waals surface area contributed by atoms with Crippen LogP contribution in [0, 0.1) is 5.92 Å². The van der Waals surface area contributed by atoms with Gasteiger partial charge in [-0.05, 0) is 39.2 Å². The normalized spacial score (nSPS) is 27.3. The van der Waals surface area contributed by atoms with E-state index in [1.165, 1.54) is 0 Å². The average Bonchev–Trinajstić information content (AvgIpc) is 3.16. The predicted molar refractivity (Wildman–Crippen MR) is 86.9 cm³/mol. The Balaban J connectivity index is 1.76. The molecule has 1 aromatic heterocycles. The largest absolute Gasteiger partial charge is 0.343 e. The summed E-state index contributed by atoms with van der Waals surface area (Å²) in [4.78, 5) is 17.4. The van der Waals surface area contributed by atoms with Gasteiger partial charge in [-0.3, -0.25) is 4.79 Å². The first kappa shape index (κ1) is 16.4. The van der Waals surface area contributed by atoms with Crippen LogP contribution in [0.4, 0.5) is 0 Å². The van der Waals surface area contributed by atoms with Crippen molar-refractivity contribution >= 4 is 5.91 Å². The Morgan fingerprint density at radius 3 is 2.74 bits per heavy atom. The quantitative estimate of drug-likeness (QED) is 0.891. The Bertz CT molecular complexity index is 549. The van der Waals surface area contributed by atoms with Crippen molar-refractivity contribution in [2.75, 3.05) is 6.54 Å². The van der Waals surface area contributed by atoms with Gasteiger partial charge < -0.3 is 15.2 Å². The maximum atomic E-state index is 12.8. The van der Waals surface area contributed by atoms with E-state index in [1.807, 2.05) is 13.8 Å². The second-order valence-electron chi connectivity index (χ2n) is 7.47. The Labute approximate surface area is 137 Å². The monoisotopic (exact) mass is 320 g/mol. The summed E-state index contributed by atoms with van der Waals surface area (Å²) in [6.45, 7) is 7.12. The van der Waals surface area contributed by atoms with Crippen molar-refractivity contribution in [1.82, 2.24) is 20.8 Å². The van der Waals surface area contributed by atoms with E-state index in [1.54, 1.807) is 0 Å². The van der Waals surface area contributed by atoms with Crippen LogP contribution in [-0.2, 0) is 10.3 Å². The Morgan fingerprint density at radius 1 is 1.39 bits per heavy atom. The number of nitrogens with one attached hydrogen (secondary N) is 2. The van der Waals surface area contributed by atoms with E-state index >= 15 is 0 Å². The number of rotatable bonds is 4. The first-order chi connectivity index (χ1) is 11.0. The molecule has 1 aliphatic heterocycles. The number of nitrogens with zero attached hydrogens (tertiary/aromatic N) is 2. The molecule has 0 spiro atoms. The van der Waals surface area contributed by atoms with Crippen LogP contribution < -0.4 is 10.6 Å². The van der Waals surface area contributed by atoms with Gasteiger partial charge in [0, 0.05) is 17.9 Å². The fraction of sp³-hybridized carbons (Fsp3) is 0.824. The van der Waals surface area contributed by atoms with E-state index < -0.39 is 5.54 Å². The second kappa shape index (κ2) is 6.59. The first-order valence-corrected chi connectivity index (χ1v) is 8.90. The molecule has 1 saturated heterocycles. The second-order valence-corrected chi connectivity index (χ2v) is 7.47. The highest BCUT2D eigenvalue weighted by Gasteiger charge is 2.42. The number of carbonyl (C=O) groups is 1. The number of hydrogen-bond acceptors (Lipinski definition) is 5. The Kier molecular flexibility index (Phi) is 4.71. The molecular weight excluding hydrogens is 292 g/mol. The van der Waals surface area contributed by atoms with E-state index in [9.17, 15) is 4.79 Å². The molecule has 1 saturated carbocycles. The summed E-state index contributed by atoms with van der Waals surface area (Å²) in [5, 5.41) is 10.9. The summed E-state index contributed by atoms with van der Waals surface area (Å²) in [7, 11) is 0. The molecule has 2 N–H and O–H groups in total. The predicted octanol–water partition coefficient (Wildman–Crippen LogP) is 2.47. The number of amides is 1. The number of carbonyl (C=O) groups excluding carboxylic acids is 1. The van der Waals surface area contributed by atoms with Crippen LogP contribution in [0.5, 0.6) is 0 Å². The van der Waals surface area contributed by atoms with E-state index in [2.05, 4.69) is 27.7 Å². The molecule has 6 nitrogen and oxygen atoms in total. The summed E-state index contributed by atoms with van der Waals surface area (Å²) < 4.78 is 5.39. The van der Waals surface area contributed by atoms with Crippen molar-refractivity contribution < 1.29 is 9.32 Å². The van der Waals surface area contributed by atoms with Gasteiger partial charge in [-0.2, -0.15) is 4.98 Å². The van der Waals surface area contributed by atoms with Crippen LogP contribution >= 0.6 is 0 Å². The van der Waals surface area contributed by atoms with E-state index in [0.717, 1.165) is 45.1 Å². The molecule has 1 aliphatic carbocycles. The molecule has 2 aliphatic rings. The topological polar surface area (TPSA) is 80.0 Å². The molecule has 2 heterocycles. The zero-order chi connectivity index (χ0) is 16.4. The van der Waals surface area contributed by atoms with Crippen molar-refractivity contribution in [3.05, 3.63) is 11.7 Å². The Morgan fingerprint density at radius 2 is 2.13 bits per heavy atom. The van der Waals surface area contributed by atoms with Crippen molar-refractivity contribution in [3.8, 4) is 0 Å². The van der Waals surface area contributed by atoms with E-state index in [0.29, 0.717) is 17.8 Å². The van der Waals surface area contributed by atoms with Crippen LogP contribution in [0.3, 0.4) is 0 Å². The van der Waals surface area contributed by atoms with Gasteiger partial charge in [-0.25, -0.2) is 0 Å². The fourth-order valence-corrected chi connectivity index (χ4v) is 3.76. The molecule has 2 fully saturated rings. The number of piperidine rings is 1. The van der Waals surface area contributed by atoms with E-state index in [-0.39, 0.29) is 17.7 Å².